The molecule has 1 saturated heterocycles. The van der Waals surface area contributed by atoms with Crippen LogP contribution in [0.2, 0.25) is 0 Å². The second-order valence-electron chi connectivity index (χ2n) is 6.81. The van der Waals surface area contributed by atoms with Crippen molar-refractivity contribution in [2.45, 2.75) is 6.92 Å². The van der Waals surface area contributed by atoms with Crippen LogP contribution in [0, 0.1) is 5.82 Å². The Morgan fingerprint density at radius 3 is 2.50 bits per heavy atom. The van der Waals surface area contributed by atoms with Crippen LogP contribution in [0.15, 0.2) is 58.4 Å². The lowest BCUT2D eigenvalue weighted by Gasteiger charge is -2.36. The molecule has 2 aromatic carbocycles. The summed E-state index contributed by atoms with van der Waals surface area (Å²) in [7, 11) is 0. The molecule has 2 N–H and O–H groups in total. The Morgan fingerprint density at radius 1 is 1.07 bits per heavy atom. The first-order valence-electron chi connectivity index (χ1n) is 9.15. The highest BCUT2D eigenvalue weighted by Gasteiger charge is 2.30. The van der Waals surface area contributed by atoms with Crippen molar-refractivity contribution in [2.24, 2.45) is 4.99 Å². The Bertz CT molecular complexity index is 980. The Hall–Kier alpha value is -2.80. The SMILES string of the molecule is C/C(=C1/SC(N2CCN(c3ccccc3F)CC2)=NC1=O)c1cccc(N)c1. The minimum atomic E-state index is -0.212. The number of nitrogens with zero attached hydrogens (tertiary/aromatic N) is 3. The molecule has 0 aliphatic carbocycles. The van der Waals surface area contributed by atoms with Gasteiger partial charge in [0.2, 0.25) is 0 Å². The molecule has 2 heterocycles. The highest BCUT2D eigenvalue weighted by atomic mass is 32.2. The van der Waals surface area contributed by atoms with Crippen LogP contribution in [0.4, 0.5) is 15.8 Å². The van der Waals surface area contributed by atoms with E-state index in [2.05, 4.69) is 9.89 Å². The lowest BCUT2D eigenvalue weighted by molar-refractivity contribution is -0.113. The molecular formula is C21H21FN4OS. The molecule has 1 amide bonds. The molecule has 7 heteroatoms. The smallest absolute Gasteiger partial charge is 0.286 e. The summed E-state index contributed by atoms with van der Waals surface area (Å²) < 4.78 is 14.0. The second kappa shape index (κ2) is 7.67. The van der Waals surface area contributed by atoms with Crippen molar-refractivity contribution in [1.82, 2.24) is 4.90 Å². The third-order valence-corrected chi connectivity index (χ3v) is 6.21. The zero-order valence-corrected chi connectivity index (χ0v) is 16.4. The molecule has 0 aromatic heterocycles. The van der Waals surface area contributed by atoms with Crippen LogP contribution in [-0.4, -0.2) is 42.2 Å². The summed E-state index contributed by atoms with van der Waals surface area (Å²) in [5.74, 6) is -0.418. The molecule has 1 fully saturated rings. The highest BCUT2D eigenvalue weighted by Crippen LogP contribution is 2.35. The number of piperazine rings is 1. The number of hydrogen-bond donors (Lipinski definition) is 1. The van der Waals surface area contributed by atoms with Gasteiger partial charge < -0.3 is 15.5 Å². The maximum absolute atomic E-state index is 14.0. The predicted molar refractivity (Wildman–Crippen MR) is 114 cm³/mol. The Morgan fingerprint density at radius 2 is 1.79 bits per heavy atom. The summed E-state index contributed by atoms with van der Waals surface area (Å²) in [4.78, 5) is 21.5. The topological polar surface area (TPSA) is 61.9 Å². The lowest BCUT2D eigenvalue weighted by atomic mass is 10.1. The molecule has 144 valence electrons. The molecule has 0 saturated carbocycles. The minimum Gasteiger partial charge on any atom is -0.399 e. The first kappa shape index (κ1) is 18.6. The lowest BCUT2D eigenvalue weighted by Crippen LogP contribution is -2.48. The molecule has 2 aliphatic heterocycles. The molecule has 2 aliphatic rings. The Balaban J connectivity index is 1.46. The summed E-state index contributed by atoms with van der Waals surface area (Å²) in [6.45, 7) is 4.67. The summed E-state index contributed by atoms with van der Waals surface area (Å²) in [5.41, 5.74) is 8.96. The third-order valence-electron chi connectivity index (χ3n) is 4.99. The van der Waals surface area contributed by atoms with Gasteiger partial charge in [0, 0.05) is 31.9 Å². The van der Waals surface area contributed by atoms with Crippen LogP contribution in [0.1, 0.15) is 12.5 Å². The number of halogens is 1. The second-order valence-corrected chi connectivity index (χ2v) is 7.78. The molecule has 0 radical (unpaired) electrons. The van der Waals surface area contributed by atoms with Gasteiger partial charge in [0.25, 0.3) is 5.91 Å². The van der Waals surface area contributed by atoms with Crippen molar-refractivity contribution in [2.75, 3.05) is 36.8 Å². The van der Waals surface area contributed by atoms with Crippen LogP contribution in [0.3, 0.4) is 0 Å². The monoisotopic (exact) mass is 396 g/mol. The van der Waals surface area contributed by atoms with E-state index >= 15 is 0 Å². The number of benzene rings is 2. The number of carbonyl (C=O) groups is 1. The van der Waals surface area contributed by atoms with Gasteiger partial charge >= 0.3 is 0 Å². The number of carbonyl (C=O) groups excluding carboxylic acids is 1. The third kappa shape index (κ3) is 3.62. The molecule has 4 rings (SSSR count). The van der Waals surface area contributed by atoms with Gasteiger partial charge in [-0.1, -0.05) is 24.3 Å². The van der Waals surface area contributed by atoms with Gasteiger partial charge in [-0.25, -0.2) is 4.39 Å². The predicted octanol–water partition coefficient (Wildman–Crippen LogP) is 3.59. The van der Waals surface area contributed by atoms with Gasteiger partial charge in [-0.2, -0.15) is 4.99 Å². The van der Waals surface area contributed by atoms with E-state index in [-0.39, 0.29) is 11.7 Å². The molecule has 28 heavy (non-hydrogen) atoms. The number of hydrogen-bond acceptors (Lipinski definition) is 5. The van der Waals surface area contributed by atoms with Crippen LogP contribution in [-0.2, 0) is 4.79 Å². The number of para-hydroxylation sites is 1. The van der Waals surface area contributed by atoms with Crippen molar-refractivity contribution in [3.8, 4) is 0 Å². The summed E-state index contributed by atoms with van der Waals surface area (Å²) in [5, 5.41) is 0.719. The average Bonchev–Trinajstić information content (AvgIpc) is 3.09. The van der Waals surface area contributed by atoms with Crippen LogP contribution in [0.5, 0.6) is 0 Å². The van der Waals surface area contributed by atoms with Gasteiger partial charge in [0.05, 0.1) is 10.6 Å². The molecule has 0 spiro atoms. The highest BCUT2D eigenvalue weighted by molar-refractivity contribution is 8.18. The number of anilines is 2. The number of nitrogens with two attached hydrogens (primary N) is 1. The van der Waals surface area contributed by atoms with Crippen LogP contribution in [0.25, 0.3) is 5.57 Å². The summed E-state index contributed by atoms with van der Waals surface area (Å²) in [6, 6.07) is 14.3. The fraction of sp³-hybridized carbons (Fsp3) is 0.238. The fourth-order valence-electron chi connectivity index (χ4n) is 3.42. The van der Waals surface area contributed by atoms with Gasteiger partial charge in [0.15, 0.2) is 5.17 Å². The number of thioether (sulfide) groups is 1. The van der Waals surface area contributed by atoms with E-state index in [1.165, 1.54) is 17.8 Å². The molecule has 0 bridgehead atoms. The van der Waals surface area contributed by atoms with E-state index in [4.69, 9.17) is 5.73 Å². The van der Waals surface area contributed by atoms with E-state index in [0.29, 0.717) is 42.5 Å². The molecule has 0 unspecified atom stereocenters. The zero-order valence-electron chi connectivity index (χ0n) is 15.6. The summed E-state index contributed by atoms with van der Waals surface area (Å²) in [6.07, 6.45) is 0. The minimum absolute atomic E-state index is 0.207. The van der Waals surface area contributed by atoms with Gasteiger partial charge in [-0.3, -0.25) is 4.79 Å². The van der Waals surface area contributed by atoms with E-state index in [9.17, 15) is 9.18 Å². The number of amidine groups is 1. The maximum atomic E-state index is 14.0. The van der Waals surface area contributed by atoms with E-state index in [1.54, 1.807) is 12.1 Å². The molecular weight excluding hydrogens is 375 g/mol. The van der Waals surface area contributed by atoms with E-state index < -0.39 is 0 Å². The first-order valence-corrected chi connectivity index (χ1v) is 9.96. The van der Waals surface area contributed by atoms with Crippen molar-refractivity contribution in [3.05, 3.63) is 64.8 Å². The van der Waals surface area contributed by atoms with E-state index in [0.717, 1.165) is 16.3 Å². The zero-order chi connectivity index (χ0) is 19.7. The van der Waals surface area contributed by atoms with Gasteiger partial charge in [-0.15, -0.1) is 0 Å². The number of rotatable bonds is 2. The van der Waals surface area contributed by atoms with Crippen LogP contribution < -0.4 is 10.6 Å². The number of aliphatic imine (C=N–C) groups is 1. The average molecular weight is 396 g/mol. The standard InChI is InChI=1S/C21H21FN4OS/c1-14(15-5-4-6-16(23)13-15)19-20(27)24-21(28-19)26-11-9-25(10-12-26)18-8-3-2-7-17(18)22/h2-8,13H,9-12,23H2,1H3/b19-14-. The first-order chi connectivity index (χ1) is 13.5. The molecule has 0 atom stereocenters. The van der Waals surface area contributed by atoms with Crippen molar-refractivity contribution < 1.29 is 9.18 Å². The largest absolute Gasteiger partial charge is 0.399 e. The molecule has 2 aromatic rings. The van der Waals surface area contributed by atoms with E-state index in [1.807, 2.05) is 42.2 Å². The van der Waals surface area contributed by atoms with Gasteiger partial charge in [0.1, 0.15) is 5.82 Å². The normalized spacial score (nSPS) is 19.1. The van der Waals surface area contributed by atoms with Crippen LogP contribution >= 0.6 is 11.8 Å². The van der Waals surface area contributed by atoms with Crippen molar-refractivity contribution in [1.29, 1.82) is 0 Å². The quantitative estimate of drug-likeness (QED) is 0.621. The number of amides is 1. The number of nitrogen functional groups attached to an aromatic ring is 1. The maximum Gasteiger partial charge on any atom is 0.286 e. The van der Waals surface area contributed by atoms with Crippen molar-refractivity contribution >= 4 is 39.8 Å². The number of allylic oxidation sites excluding steroid dienone is 1. The summed E-state index contributed by atoms with van der Waals surface area (Å²) >= 11 is 1.41. The van der Waals surface area contributed by atoms with Crippen molar-refractivity contribution in [3.63, 3.8) is 0 Å². The molecule has 5 nitrogen and oxygen atoms in total. The Kier molecular flexibility index (Phi) is 5.09. The van der Waals surface area contributed by atoms with Gasteiger partial charge in [-0.05, 0) is 54.1 Å². The Labute approximate surface area is 167 Å². The fourth-order valence-corrected chi connectivity index (χ4v) is 4.44.